The molecule has 0 aliphatic carbocycles. The van der Waals surface area contributed by atoms with E-state index < -0.39 is 0 Å². The monoisotopic (exact) mass is 751 g/mol. The van der Waals surface area contributed by atoms with Crippen molar-refractivity contribution >= 4 is 27.8 Å². The highest BCUT2D eigenvalue weighted by Crippen LogP contribution is 2.41. The van der Waals surface area contributed by atoms with Crippen molar-refractivity contribution < 1.29 is 0 Å². The van der Waals surface area contributed by atoms with Gasteiger partial charge < -0.3 is 4.90 Å². The van der Waals surface area contributed by atoms with Crippen LogP contribution in [0.25, 0.3) is 77.5 Å². The molecule has 59 heavy (non-hydrogen) atoms. The van der Waals surface area contributed by atoms with Crippen molar-refractivity contribution in [2.24, 2.45) is 0 Å². The molecule has 0 N–H and O–H groups in total. The molecule has 1 heteroatoms. The minimum Gasteiger partial charge on any atom is -0.310 e. The molecule has 0 atom stereocenters. The average molecular weight is 752 g/mol. The number of anilines is 3. The molecular formula is C58H41N. The Morgan fingerprint density at radius 3 is 1.25 bits per heavy atom. The quantitative estimate of drug-likeness (QED) is 0.142. The van der Waals surface area contributed by atoms with E-state index in [1.807, 2.05) is 0 Å². The zero-order valence-electron chi connectivity index (χ0n) is 32.6. The first kappa shape index (κ1) is 35.7. The molecule has 0 aliphatic rings. The van der Waals surface area contributed by atoms with Crippen LogP contribution in [0.2, 0.25) is 0 Å². The summed E-state index contributed by atoms with van der Waals surface area (Å²) >= 11 is 0. The largest absolute Gasteiger partial charge is 0.310 e. The number of hydrogen-bond acceptors (Lipinski definition) is 1. The van der Waals surface area contributed by atoms with Crippen LogP contribution in [-0.4, -0.2) is 0 Å². The van der Waals surface area contributed by atoms with E-state index in [1.165, 1.54) is 72.0 Å². The van der Waals surface area contributed by atoms with Gasteiger partial charge in [0.1, 0.15) is 0 Å². The summed E-state index contributed by atoms with van der Waals surface area (Å²) < 4.78 is 0. The van der Waals surface area contributed by atoms with E-state index in [1.54, 1.807) is 0 Å². The topological polar surface area (TPSA) is 3.24 Å². The Morgan fingerprint density at radius 1 is 0.203 bits per heavy atom. The van der Waals surface area contributed by atoms with Gasteiger partial charge in [0.15, 0.2) is 0 Å². The number of rotatable bonds is 9. The van der Waals surface area contributed by atoms with E-state index in [-0.39, 0.29) is 0 Å². The molecule has 278 valence electrons. The van der Waals surface area contributed by atoms with Crippen molar-refractivity contribution in [3.63, 3.8) is 0 Å². The van der Waals surface area contributed by atoms with Gasteiger partial charge in [0.2, 0.25) is 0 Å². The van der Waals surface area contributed by atoms with Gasteiger partial charge in [-0.25, -0.2) is 0 Å². The zero-order valence-corrected chi connectivity index (χ0v) is 32.6. The van der Waals surface area contributed by atoms with Gasteiger partial charge in [-0.3, -0.25) is 0 Å². The molecule has 0 saturated heterocycles. The summed E-state index contributed by atoms with van der Waals surface area (Å²) in [6, 6.07) is 89.8. The molecule has 10 aromatic rings. The van der Waals surface area contributed by atoms with Crippen LogP contribution in [-0.2, 0) is 0 Å². The summed E-state index contributed by atoms with van der Waals surface area (Å²) in [4.78, 5) is 2.38. The minimum atomic E-state index is 1.09. The fourth-order valence-corrected chi connectivity index (χ4v) is 8.32. The maximum Gasteiger partial charge on any atom is 0.0467 e. The number of fused-ring (bicyclic) bond motifs is 1. The zero-order chi connectivity index (χ0) is 39.4. The molecule has 0 aliphatic heterocycles. The van der Waals surface area contributed by atoms with E-state index in [0.29, 0.717) is 0 Å². The van der Waals surface area contributed by atoms with Crippen molar-refractivity contribution in [2.75, 3.05) is 4.90 Å². The van der Waals surface area contributed by atoms with Crippen molar-refractivity contribution in [3.8, 4) is 66.8 Å². The third-order valence-corrected chi connectivity index (χ3v) is 11.3. The molecule has 1 nitrogen and oxygen atoms in total. The van der Waals surface area contributed by atoms with Crippen molar-refractivity contribution in [1.82, 2.24) is 0 Å². The molecule has 0 spiro atoms. The van der Waals surface area contributed by atoms with Crippen LogP contribution >= 0.6 is 0 Å². The van der Waals surface area contributed by atoms with Gasteiger partial charge in [-0.2, -0.15) is 0 Å². The molecule has 10 aromatic carbocycles. The van der Waals surface area contributed by atoms with Gasteiger partial charge in [-0.05, 0) is 120 Å². The van der Waals surface area contributed by atoms with Gasteiger partial charge in [0.05, 0.1) is 0 Å². The lowest BCUT2D eigenvalue weighted by Crippen LogP contribution is -2.10. The SMILES string of the molecule is c1ccc(-c2ccc(-c3ccc(N(c4cccc(-c5cccc(-c6cccc7ccccc67)c5)c4)c4cccc(-c5ccccc5-c5ccccc5)c4)cc3)cc2)cc1. The standard InChI is InChI=1S/C58H41N/c1-3-15-42(16-4-1)43-31-33-44(34-32-43)45-35-37-52(38-36-45)59(54-26-13-24-51(41-54)57-29-10-9-28-55(57)46-17-5-2-6-18-46)53-25-12-22-49(40-53)48-21-11-23-50(39-48)58-30-14-20-47-19-7-8-27-56(47)58/h1-41H. The van der Waals surface area contributed by atoms with Gasteiger partial charge in [0, 0.05) is 17.1 Å². The first-order valence-corrected chi connectivity index (χ1v) is 20.2. The Labute approximate surface area is 346 Å². The van der Waals surface area contributed by atoms with Crippen molar-refractivity contribution in [2.45, 2.75) is 0 Å². The molecular weight excluding hydrogens is 711 g/mol. The van der Waals surface area contributed by atoms with E-state index in [9.17, 15) is 0 Å². The van der Waals surface area contributed by atoms with Gasteiger partial charge in [0.25, 0.3) is 0 Å². The van der Waals surface area contributed by atoms with Gasteiger partial charge >= 0.3 is 0 Å². The Bertz CT molecular complexity index is 3010. The van der Waals surface area contributed by atoms with Crippen LogP contribution < -0.4 is 4.90 Å². The van der Waals surface area contributed by atoms with Crippen LogP contribution in [0.1, 0.15) is 0 Å². The first-order chi connectivity index (χ1) is 29.2. The lowest BCUT2D eigenvalue weighted by Gasteiger charge is -2.27. The van der Waals surface area contributed by atoms with E-state index in [4.69, 9.17) is 0 Å². The third-order valence-electron chi connectivity index (χ3n) is 11.3. The summed E-state index contributed by atoms with van der Waals surface area (Å²) in [6.07, 6.45) is 0. The lowest BCUT2D eigenvalue weighted by atomic mass is 9.94. The van der Waals surface area contributed by atoms with Crippen LogP contribution in [0.15, 0.2) is 249 Å². The predicted octanol–water partition coefficient (Wildman–Crippen LogP) is 16.3. The molecule has 0 fully saturated rings. The fraction of sp³-hybridized carbons (Fsp3) is 0. The van der Waals surface area contributed by atoms with Crippen LogP contribution in [0.4, 0.5) is 17.1 Å². The third kappa shape index (κ3) is 7.34. The Morgan fingerprint density at radius 2 is 0.593 bits per heavy atom. The summed E-state index contributed by atoms with van der Waals surface area (Å²) in [5, 5.41) is 2.51. The number of hydrogen-bond donors (Lipinski definition) is 0. The predicted molar refractivity (Wildman–Crippen MR) is 251 cm³/mol. The Balaban J connectivity index is 1.06. The highest BCUT2D eigenvalue weighted by molar-refractivity contribution is 5.97. The lowest BCUT2D eigenvalue weighted by molar-refractivity contribution is 1.28. The molecule has 0 amide bonds. The molecule has 0 unspecified atom stereocenters. The van der Waals surface area contributed by atoms with Gasteiger partial charge in [-0.1, -0.05) is 206 Å². The highest BCUT2D eigenvalue weighted by Gasteiger charge is 2.17. The molecule has 0 heterocycles. The summed E-state index contributed by atoms with van der Waals surface area (Å²) in [7, 11) is 0. The van der Waals surface area contributed by atoms with E-state index in [0.717, 1.165) is 22.6 Å². The summed E-state index contributed by atoms with van der Waals surface area (Å²) in [5.41, 5.74) is 17.7. The summed E-state index contributed by atoms with van der Waals surface area (Å²) in [5.74, 6) is 0. The second kappa shape index (κ2) is 16.0. The smallest absolute Gasteiger partial charge is 0.0467 e. The summed E-state index contributed by atoms with van der Waals surface area (Å²) in [6.45, 7) is 0. The Hall–Kier alpha value is -7.74. The molecule has 0 bridgehead atoms. The van der Waals surface area contributed by atoms with E-state index in [2.05, 4.69) is 254 Å². The minimum absolute atomic E-state index is 1.09. The second-order valence-electron chi connectivity index (χ2n) is 14.9. The average Bonchev–Trinajstić information content (AvgIpc) is 3.32. The van der Waals surface area contributed by atoms with Gasteiger partial charge in [-0.15, -0.1) is 0 Å². The normalized spacial score (nSPS) is 11.1. The first-order valence-electron chi connectivity index (χ1n) is 20.2. The van der Waals surface area contributed by atoms with E-state index >= 15 is 0 Å². The maximum atomic E-state index is 2.38. The fourth-order valence-electron chi connectivity index (χ4n) is 8.32. The van der Waals surface area contributed by atoms with Crippen LogP contribution in [0.5, 0.6) is 0 Å². The molecule has 0 radical (unpaired) electrons. The second-order valence-corrected chi connectivity index (χ2v) is 14.9. The number of nitrogens with zero attached hydrogens (tertiary/aromatic N) is 1. The van der Waals surface area contributed by atoms with Crippen molar-refractivity contribution in [3.05, 3.63) is 249 Å². The van der Waals surface area contributed by atoms with Crippen LogP contribution in [0, 0.1) is 0 Å². The maximum absolute atomic E-state index is 2.38. The van der Waals surface area contributed by atoms with Crippen molar-refractivity contribution in [1.29, 1.82) is 0 Å². The molecule has 10 rings (SSSR count). The van der Waals surface area contributed by atoms with Crippen LogP contribution in [0.3, 0.4) is 0 Å². The molecule has 0 saturated carbocycles. The highest BCUT2D eigenvalue weighted by atomic mass is 15.1. The number of benzene rings is 10. The Kier molecular flexibility index (Phi) is 9.68. The molecule has 0 aromatic heterocycles.